The molecule has 160 valence electrons. The Bertz CT molecular complexity index is 1170. The number of hydrogen-bond donors (Lipinski definition) is 1. The minimum atomic E-state index is -4.53. The van der Waals surface area contributed by atoms with E-state index < -0.39 is 11.9 Å². The van der Waals surface area contributed by atoms with Crippen LogP contribution in [0.3, 0.4) is 0 Å². The Kier molecular flexibility index (Phi) is 5.26. The standard InChI is InChI=1S/C22H19F3N4O2/c1-12-7-14(11-26-12)15-8-13(21-18(30-2)5-4-6-19(21)31-3)9-16(27-15)17-10-20(29-28-17)22(23,24)25/h4-10H,11H2,1-3H3,(H,28,29). The largest absolute Gasteiger partial charge is 0.496 e. The SMILES string of the molecule is COc1cccc(OC)c1-c1cc(C2=CC(C)=NC2)nc(-c2cc(C(F)(F)F)[nH]n2)c1. The van der Waals surface area contributed by atoms with E-state index in [2.05, 4.69) is 15.1 Å². The van der Waals surface area contributed by atoms with Crippen LogP contribution in [0.5, 0.6) is 11.5 Å². The molecule has 0 aliphatic carbocycles. The summed E-state index contributed by atoms with van der Waals surface area (Å²) in [6.07, 6.45) is -2.63. The van der Waals surface area contributed by atoms with Gasteiger partial charge in [-0.2, -0.15) is 18.3 Å². The number of ether oxygens (including phenoxy) is 2. The first-order chi connectivity index (χ1) is 14.8. The number of aromatic nitrogens is 3. The highest BCUT2D eigenvalue weighted by molar-refractivity contribution is 6.03. The van der Waals surface area contributed by atoms with Gasteiger partial charge in [0.25, 0.3) is 0 Å². The number of allylic oxidation sites excluding steroid dienone is 1. The summed E-state index contributed by atoms with van der Waals surface area (Å²) in [4.78, 5) is 8.95. The van der Waals surface area contributed by atoms with Crippen LogP contribution < -0.4 is 9.47 Å². The lowest BCUT2D eigenvalue weighted by Crippen LogP contribution is -2.04. The van der Waals surface area contributed by atoms with E-state index in [1.54, 1.807) is 38.5 Å². The maximum atomic E-state index is 13.1. The third-order valence-electron chi connectivity index (χ3n) is 4.90. The molecule has 6 nitrogen and oxygen atoms in total. The Balaban J connectivity index is 1.92. The van der Waals surface area contributed by atoms with E-state index in [-0.39, 0.29) is 11.4 Å². The number of nitrogens with zero attached hydrogens (tertiary/aromatic N) is 3. The van der Waals surface area contributed by atoms with E-state index in [4.69, 9.17) is 9.47 Å². The molecule has 3 heterocycles. The maximum Gasteiger partial charge on any atom is 0.432 e. The van der Waals surface area contributed by atoms with Crippen LogP contribution in [0.15, 0.2) is 47.5 Å². The van der Waals surface area contributed by atoms with Gasteiger partial charge in [-0.3, -0.25) is 10.1 Å². The highest BCUT2D eigenvalue weighted by atomic mass is 19.4. The molecule has 2 aromatic heterocycles. The molecule has 0 amide bonds. The number of rotatable bonds is 5. The van der Waals surface area contributed by atoms with Gasteiger partial charge in [-0.15, -0.1) is 0 Å². The zero-order valence-electron chi connectivity index (χ0n) is 17.0. The second-order valence-corrected chi connectivity index (χ2v) is 6.96. The number of aromatic amines is 1. The number of nitrogens with one attached hydrogen (secondary N) is 1. The van der Waals surface area contributed by atoms with Crippen molar-refractivity contribution in [1.82, 2.24) is 15.2 Å². The van der Waals surface area contributed by atoms with Crippen LogP contribution in [0.25, 0.3) is 28.1 Å². The molecule has 31 heavy (non-hydrogen) atoms. The minimum Gasteiger partial charge on any atom is -0.496 e. The van der Waals surface area contributed by atoms with Gasteiger partial charge in [0.05, 0.1) is 37.7 Å². The number of alkyl halides is 3. The van der Waals surface area contributed by atoms with Gasteiger partial charge in [-0.1, -0.05) is 6.07 Å². The van der Waals surface area contributed by atoms with Crippen molar-refractivity contribution < 1.29 is 22.6 Å². The summed E-state index contributed by atoms with van der Waals surface area (Å²) >= 11 is 0. The molecule has 1 aromatic carbocycles. The monoisotopic (exact) mass is 428 g/mol. The first-order valence-electron chi connectivity index (χ1n) is 9.38. The molecule has 0 radical (unpaired) electrons. The summed E-state index contributed by atoms with van der Waals surface area (Å²) in [5.74, 6) is 1.13. The summed E-state index contributed by atoms with van der Waals surface area (Å²) in [7, 11) is 3.09. The number of aliphatic imine (C=N–C) groups is 1. The quantitative estimate of drug-likeness (QED) is 0.619. The van der Waals surface area contributed by atoms with E-state index >= 15 is 0 Å². The Morgan fingerprint density at radius 1 is 0.968 bits per heavy atom. The van der Waals surface area contributed by atoms with Gasteiger partial charge in [0, 0.05) is 11.3 Å². The summed E-state index contributed by atoms with van der Waals surface area (Å²) in [6, 6.07) is 9.83. The molecule has 0 unspecified atom stereocenters. The summed E-state index contributed by atoms with van der Waals surface area (Å²) in [5.41, 5.74) is 3.09. The van der Waals surface area contributed by atoms with Crippen LogP contribution in [0.2, 0.25) is 0 Å². The van der Waals surface area contributed by atoms with E-state index in [9.17, 15) is 13.2 Å². The number of methoxy groups -OCH3 is 2. The van der Waals surface area contributed by atoms with Crippen LogP contribution in [0.4, 0.5) is 13.2 Å². The summed E-state index contributed by atoms with van der Waals surface area (Å²) in [6.45, 7) is 2.32. The van der Waals surface area contributed by atoms with Gasteiger partial charge in [0.1, 0.15) is 22.9 Å². The number of hydrogen-bond acceptors (Lipinski definition) is 5. The molecule has 9 heteroatoms. The zero-order valence-corrected chi connectivity index (χ0v) is 17.0. The van der Waals surface area contributed by atoms with Crippen LogP contribution in [-0.4, -0.2) is 41.7 Å². The van der Waals surface area contributed by atoms with Crippen molar-refractivity contribution in [1.29, 1.82) is 0 Å². The molecule has 0 atom stereocenters. The molecule has 0 saturated carbocycles. The third kappa shape index (κ3) is 4.03. The molecule has 1 aliphatic rings. The van der Waals surface area contributed by atoms with Crippen molar-refractivity contribution in [3.63, 3.8) is 0 Å². The lowest BCUT2D eigenvalue weighted by atomic mass is 9.99. The van der Waals surface area contributed by atoms with Gasteiger partial charge in [-0.05, 0) is 48.9 Å². The first-order valence-corrected chi connectivity index (χ1v) is 9.38. The lowest BCUT2D eigenvalue weighted by Gasteiger charge is -2.15. The molecule has 0 spiro atoms. The molecule has 1 aliphatic heterocycles. The Morgan fingerprint density at radius 2 is 1.65 bits per heavy atom. The van der Waals surface area contributed by atoms with Crippen molar-refractivity contribution in [3.8, 4) is 34.0 Å². The Hall–Kier alpha value is -3.62. The lowest BCUT2D eigenvalue weighted by molar-refractivity contribution is -0.141. The average Bonchev–Trinajstić information content (AvgIpc) is 3.42. The van der Waals surface area contributed by atoms with Gasteiger partial charge >= 0.3 is 6.18 Å². The first kappa shape index (κ1) is 20.6. The smallest absolute Gasteiger partial charge is 0.432 e. The molecule has 0 fully saturated rings. The van der Waals surface area contributed by atoms with Gasteiger partial charge in [0.15, 0.2) is 0 Å². The fourth-order valence-corrected chi connectivity index (χ4v) is 3.41. The van der Waals surface area contributed by atoms with Crippen LogP contribution in [0.1, 0.15) is 18.3 Å². The number of pyridine rings is 1. The predicted octanol–water partition coefficient (Wildman–Crippen LogP) is 5.03. The number of H-pyrrole nitrogens is 1. The molecule has 4 rings (SSSR count). The van der Waals surface area contributed by atoms with Crippen LogP contribution in [-0.2, 0) is 6.18 Å². The molecule has 1 N–H and O–H groups in total. The van der Waals surface area contributed by atoms with Crippen LogP contribution >= 0.6 is 0 Å². The fraction of sp³-hybridized carbons (Fsp3) is 0.227. The van der Waals surface area contributed by atoms with Crippen molar-refractivity contribution >= 4 is 11.3 Å². The summed E-state index contributed by atoms with van der Waals surface area (Å²) in [5, 5.41) is 5.88. The highest BCUT2D eigenvalue weighted by Gasteiger charge is 2.33. The van der Waals surface area contributed by atoms with Gasteiger partial charge in [-0.25, -0.2) is 4.98 Å². The third-order valence-corrected chi connectivity index (χ3v) is 4.90. The van der Waals surface area contributed by atoms with E-state index in [1.807, 2.05) is 24.2 Å². The zero-order chi connectivity index (χ0) is 22.2. The highest BCUT2D eigenvalue weighted by Crippen LogP contribution is 2.40. The number of halogens is 3. The van der Waals surface area contributed by atoms with E-state index in [0.29, 0.717) is 34.9 Å². The van der Waals surface area contributed by atoms with Gasteiger partial charge in [0.2, 0.25) is 0 Å². The molecular weight excluding hydrogens is 409 g/mol. The maximum absolute atomic E-state index is 13.1. The minimum absolute atomic E-state index is 0.0838. The second kappa shape index (κ2) is 7.90. The number of benzene rings is 1. The van der Waals surface area contributed by atoms with Gasteiger partial charge < -0.3 is 9.47 Å². The Labute approximate surface area is 176 Å². The average molecular weight is 428 g/mol. The predicted molar refractivity (Wildman–Crippen MR) is 111 cm³/mol. The topological polar surface area (TPSA) is 72.4 Å². The van der Waals surface area contributed by atoms with Crippen molar-refractivity contribution in [2.24, 2.45) is 4.99 Å². The van der Waals surface area contributed by atoms with Crippen molar-refractivity contribution in [2.75, 3.05) is 20.8 Å². The van der Waals surface area contributed by atoms with Crippen molar-refractivity contribution in [2.45, 2.75) is 13.1 Å². The van der Waals surface area contributed by atoms with E-state index in [1.165, 1.54) is 0 Å². The molecule has 3 aromatic rings. The normalized spacial score (nSPS) is 13.7. The van der Waals surface area contributed by atoms with Crippen molar-refractivity contribution in [3.05, 3.63) is 53.9 Å². The Morgan fingerprint density at radius 3 is 2.19 bits per heavy atom. The summed E-state index contributed by atoms with van der Waals surface area (Å²) < 4.78 is 50.3. The molecule has 0 saturated heterocycles. The molecular formula is C22H19F3N4O2. The van der Waals surface area contributed by atoms with E-state index in [0.717, 1.165) is 17.4 Å². The molecule has 0 bridgehead atoms. The fourth-order valence-electron chi connectivity index (χ4n) is 3.41. The second-order valence-electron chi connectivity index (χ2n) is 6.96. The van der Waals surface area contributed by atoms with Crippen LogP contribution in [0, 0.1) is 0 Å².